The van der Waals surface area contributed by atoms with Gasteiger partial charge >= 0.3 is 0 Å². The van der Waals surface area contributed by atoms with E-state index < -0.39 is 12.0 Å². The average molecular weight is 431 g/mol. The first-order chi connectivity index (χ1) is 14.3. The van der Waals surface area contributed by atoms with Crippen LogP contribution in [0.25, 0.3) is 11.2 Å². The van der Waals surface area contributed by atoms with Crippen LogP contribution in [0.3, 0.4) is 0 Å². The summed E-state index contributed by atoms with van der Waals surface area (Å²) < 4.78 is 22.3. The van der Waals surface area contributed by atoms with E-state index in [2.05, 4.69) is 26.0 Å². The number of nitrogens with two attached hydrogens (primary N) is 1. The molecule has 2 aliphatic rings. The van der Waals surface area contributed by atoms with E-state index in [4.69, 9.17) is 36.8 Å². The molecule has 30 heavy (non-hydrogen) atoms. The third-order valence-corrected chi connectivity index (χ3v) is 5.33. The minimum Gasteiger partial charge on any atom is -0.382 e. The molecule has 2 fully saturated rings. The van der Waals surface area contributed by atoms with Gasteiger partial charge in [-0.2, -0.15) is 15.2 Å². The molecule has 2 aliphatic heterocycles. The number of imidazole rings is 2. The van der Waals surface area contributed by atoms with Gasteiger partial charge in [-0.25, -0.2) is 9.97 Å². The number of hydrogen-bond donors (Lipinski definition) is 1. The summed E-state index contributed by atoms with van der Waals surface area (Å²) in [4.78, 5) is 16.8. The van der Waals surface area contributed by atoms with Crippen molar-refractivity contribution in [2.75, 3.05) is 5.73 Å². The smallest absolute Gasteiger partial charge is 0.226 e. The van der Waals surface area contributed by atoms with Crippen LogP contribution in [-0.2, 0) is 27.2 Å². The molecule has 0 bridgehead atoms. The van der Waals surface area contributed by atoms with Gasteiger partial charge in [0.1, 0.15) is 23.8 Å². The van der Waals surface area contributed by atoms with E-state index in [0.717, 1.165) is 0 Å². The molecule has 156 valence electrons. The predicted molar refractivity (Wildman–Crippen MR) is 104 cm³/mol. The zero-order valence-corrected chi connectivity index (χ0v) is 17.0. The number of halogens is 1. The predicted octanol–water partition coefficient (Wildman–Crippen LogP) is 1.44. The first-order valence-electron chi connectivity index (χ1n) is 9.39. The standard InChI is InChI=1S/C18H19ClN8O3/c1-18(2)29-12-10(6-26-5-9(3-4-20)22-7-26)28-16(13(12)30-18)27-8-23-11-14(21)24-17(19)25-15(11)27/h5,7-8,10,12-13,16H,3,6H2,1-2H3,(H2,21,24,25)/t10-,12-,13-,16-/m1/s1. The lowest BCUT2D eigenvalue weighted by atomic mass is 10.1. The van der Waals surface area contributed by atoms with Crippen molar-refractivity contribution in [3.8, 4) is 6.07 Å². The van der Waals surface area contributed by atoms with Crippen LogP contribution in [0.5, 0.6) is 0 Å². The summed E-state index contributed by atoms with van der Waals surface area (Å²) in [5, 5.41) is 8.89. The molecule has 4 atom stereocenters. The summed E-state index contributed by atoms with van der Waals surface area (Å²) >= 11 is 6.01. The van der Waals surface area contributed by atoms with Gasteiger partial charge in [-0.05, 0) is 25.4 Å². The molecular weight excluding hydrogens is 412 g/mol. The van der Waals surface area contributed by atoms with E-state index in [9.17, 15) is 0 Å². The van der Waals surface area contributed by atoms with Gasteiger partial charge < -0.3 is 24.5 Å². The number of hydrogen-bond acceptors (Lipinski definition) is 9. The number of nitrogens with zero attached hydrogens (tertiary/aromatic N) is 7. The van der Waals surface area contributed by atoms with Crippen molar-refractivity contribution in [3.05, 3.63) is 29.8 Å². The first-order valence-corrected chi connectivity index (χ1v) is 9.76. The monoisotopic (exact) mass is 430 g/mol. The summed E-state index contributed by atoms with van der Waals surface area (Å²) in [6.07, 6.45) is 3.78. The van der Waals surface area contributed by atoms with Crippen molar-refractivity contribution >= 4 is 28.6 Å². The van der Waals surface area contributed by atoms with Crippen molar-refractivity contribution in [1.82, 2.24) is 29.1 Å². The number of aromatic nitrogens is 6. The van der Waals surface area contributed by atoms with Crippen molar-refractivity contribution in [2.24, 2.45) is 0 Å². The third kappa shape index (κ3) is 3.18. The van der Waals surface area contributed by atoms with Crippen LogP contribution in [-0.4, -0.2) is 53.2 Å². The maximum Gasteiger partial charge on any atom is 0.226 e. The Kier molecular flexibility index (Phi) is 4.41. The third-order valence-electron chi connectivity index (χ3n) is 5.16. The number of nitriles is 1. The molecule has 2 N–H and O–H groups in total. The fourth-order valence-electron chi connectivity index (χ4n) is 4.01. The highest BCUT2D eigenvalue weighted by atomic mass is 35.5. The van der Waals surface area contributed by atoms with Gasteiger partial charge in [0, 0.05) is 6.20 Å². The van der Waals surface area contributed by atoms with Gasteiger partial charge in [0.25, 0.3) is 0 Å². The molecule has 5 rings (SSSR count). The highest BCUT2D eigenvalue weighted by Gasteiger charge is 2.56. The minimum absolute atomic E-state index is 0.0280. The molecule has 3 aromatic rings. The Hall–Kier alpha value is -2.78. The molecule has 0 spiro atoms. The van der Waals surface area contributed by atoms with Crippen molar-refractivity contribution in [2.45, 2.75) is 57.1 Å². The normalized spacial score (nSPS) is 27.4. The zero-order valence-electron chi connectivity index (χ0n) is 16.3. The van der Waals surface area contributed by atoms with E-state index >= 15 is 0 Å². The van der Waals surface area contributed by atoms with E-state index in [1.807, 2.05) is 24.6 Å². The molecule has 3 aromatic heterocycles. The topological polar surface area (TPSA) is 139 Å². The second-order valence-electron chi connectivity index (χ2n) is 7.73. The van der Waals surface area contributed by atoms with Crippen LogP contribution in [0.15, 0.2) is 18.9 Å². The Balaban J connectivity index is 1.48. The van der Waals surface area contributed by atoms with Crippen LogP contribution in [0, 0.1) is 11.3 Å². The highest BCUT2D eigenvalue weighted by Crippen LogP contribution is 2.44. The summed E-state index contributed by atoms with van der Waals surface area (Å²) in [7, 11) is 0. The molecule has 0 amide bonds. The van der Waals surface area contributed by atoms with E-state index in [1.165, 1.54) is 0 Å². The quantitative estimate of drug-likeness (QED) is 0.609. The van der Waals surface area contributed by atoms with Crippen molar-refractivity contribution < 1.29 is 14.2 Å². The van der Waals surface area contributed by atoms with Gasteiger partial charge in [0.15, 0.2) is 23.5 Å². The van der Waals surface area contributed by atoms with Crippen LogP contribution < -0.4 is 5.73 Å². The fourth-order valence-corrected chi connectivity index (χ4v) is 4.18. The summed E-state index contributed by atoms with van der Waals surface area (Å²) in [6, 6.07) is 2.10. The van der Waals surface area contributed by atoms with Gasteiger partial charge in [-0.15, -0.1) is 0 Å². The molecule has 0 aliphatic carbocycles. The molecule has 12 heteroatoms. The summed E-state index contributed by atoms with van der Waals surface area (Å²) in [5.41, 5.74) is 7.54. The molecular formula is C18H19ClN8O3. The number of ether oxygens (including phenoxy) is 3. The molecule has 11 nitrogen and oxygen atoms in total. The van der Waals surface area contributed by atoms with Gasteiger partial charge in [-0.3, -0.25) is 4.57 Å². The number of rotatable bonds is 4. The Morgan fingerprint density at radius 1 is 1.23 bits per heavy atom. The minimum atomic E-state index is -0.765. The lowest BCUT2D eigenvalue weighted by Gasteiger charge is -2.25. The van der Waals surface area contributed by atoms with E-state index in [1.54, 1.807) is 17.2 Å². The SMILES string of the molecule is CC1(C)O[C@@H]2[C@H](O1)[C@@H](Cn1cnc(CC#N)c1)O[C@H]2n1cnc2c(N)nc(Cl)nc21. The maximum atomic E-state index is 8.86. The fraction of sp³-hybridized carbons (Fsp3) is 0.500. The molecule has 0 unspecified atom stereocenters. The lowest BCUT2D eigenvalue weighted by Crippen LogP contribution is -2.32. The largest absolute Gasteiger partial charge is 0.382 e. The number of fused-ring (bicyclic) bond motifs is 2. The molecule has 5 heterocycles. The van der Waals surface area contributed by atoms with Gasteiger partial charge in [0.05, 0.1) is 37.4 Å². The molecule has 0 saturated carbocycles. The maximum absolute atomic E-state index is 8.86. The Bertz CT molecular complexity index is 1150. The van der Waals surface area contributed by atoms with E-state index in [-0.39, 0.29) is 35.8 Å². The molecule has 0 radical (unpaired) electrons. The van der Waals surface area contributed by atoms with Crippen molar-refractivity contribution in [1.29, 1.82) is 5.26 Å². The van der Waals surface area contributed by atoms with Gasteiger partial charge in [-0.1, -0.05) is 0 Å². The Morgan fingerprint density at radius 3 is 2.83 bits per heavy atom. The van der Waals surface area contributed by atoms with Crippen molar-refractivity contribution in [3.63, 3.8) is 0 Å². The highest BCUT2D eigenvalue weighted by molar-refractivity contribution is 6.28. The Labute approximate surface area is 176 Å². The number of nitrogen functional groups attached to an aromatic ring is 1. The van der Waals surface area contributed by atoms with Crippen LogP contribution in [0.1, 0.15) is 25.8 Å². The second kappa shape index (κ2) is 6.88. The summed E-state index contributed by atoms with van der Waals surface area (Å²) in [6.45, 7) is 4.22. The van der Waals surface area contributed by atoms with E-state index in [0.29, 0.717) is 23.4 Å². The zero-order chi connectivity index (χ0) is 21.0. The molecule has 0 aromatic carbocycles. The first kappa shape index (κ1) is 19.2. The van der Waals surface area contributed by atoms with Gasteiger partial charge in [0.2, 0.25) is 5.28 Å². The van der Waals surface area contributed by atoms with Crippen LogP contribution >= 0.6 is 11.6 Å². The lowest BCUT2D eigenvalue weighted by molar-refractivity contribution is -0.197. The Morgan fingerprint density at radius 2 is 2.03 bits per heavy atom. The summed E-state index contributed by atoms with van der Waals surface area (Å²) in [5.74, 6) is -0.569. The average Bonchev–Trinajstić information content (AvgIpc) is 3.40. The second-order valence-corrected chi connectivity index (χ2v) is 8.07. The van der Waals surface area contributed by atoms with Crippen LogP contribution in [0.2, 0.25) is 5.28 Å². The number of anilines is 1. The van der Waals surface area contributed by atoms with Crippen LogP contribution in [0.4, 0.5) is 5.82 Å². The molecule has 2 saturated heterocycles.